The van der Waals surface area contributed by atoms with Crippen LogP contribution in [0.3, 0.4) is 0 Å². The van der Waals surface area contributed by atoms with Crippen molar-refractivity contribution < 1.29 is 9.15 Å². The van der Waals surface area contributed by atoms with Crippen LogP contribution in [-0.2, 0) is 0 Å². The number of furan rings is 1. The van der Waals surface area contributed by atoms with Crippen molar-refractivity contribution in [2.45, 2.75) is 0 Å². The van der Waals surface area contributed by atoms with Crippen LogP contribution in [0.5, 0.6) is 5.75 Å². The Labute approximate surface area is 149 Å². The predicted octanol–water partition coefficient (Wildman–Crippen LogP) is 3.55. The molecular weight excluding hydrogens is 330 g/mol. The van der Waals surface area contributed by atoms with Crippen LogP contribution in [0.15, 0.2) is 81.2 Å². The summed E-state index contributed by atoms with van der Waals surface area (Å²) >= 11 is 0. The summed E-state index contributed by atoms with van der Waals surface area (Å²) in [6.45, 7) is 0. The van der Waals surface area contributed by atoms with Gasteiger partial charge >= 0.3 is 0 Å². The average Bonchev–Trinajstić information content (AvgIpc) is 3.22. The lowest BCUT2D eigenvalue weighted by molar-refractivity contribution is 0.415. The van der Waals surface area contributed by atoms with E-state index in [1.54, 1.807) is 43.7 Å². The number of rotatable bonds is 4. The monoisotopic (exact) mass is 345 g/mol. The van der Waals surface area contributed by atoms with Crippen molar-refractivity contribution in [3.8, 4) is 17.3 Å². The Kier molecular flexibility index (Phi) is 4.07. The van der Waals surface area contributed by atoms with Crippen molar-refractivity contribution in [3.63, 3.8) is 0 Å². The minimum absolute atomic E-state index is 0.258. The normalized spacial score (nSPS) is 11.3. The molecule has 26 heavy (non-hydrogen) atoms. The van der Waals surface area contributed by atoms with E-state index in [4.69, 9.17) is 9.15 Å². The van der Waals surface area contributed by atoms with Crippen molar-refractivity contribution in [1.29, 1.82) is 0 Å². The standard InChI is InChI=1S/C20H15N3O3/c1-25-15-10-8-14(9-11-15)13-21-23-19(18-7-4-12-26-18)22-17-6-3-2-5-16(17)20(23)24/h2-13H,1H3/b21-13-. The van der Waals surface area contributed by atoms with Crippen molar-refractivity contribution >= 4 is 17.1 Å². The topological polar surface area (TPSA) is 69.6 Å². The summed E-state index contributed by atoms with van der Waals surface area (Å²) < 4.78 is 11.8. The smallest absolute Gasteiger partial charge is 0.282 e. The molecule has 0 fully saturated rings. The first-order valence-corrected chi connectivity index (χ1v) is 8.00. The van der Waals surface area contributed by atoms with Gasteiger partial charge in [-0.05, 0) is 54.1 Å². The van der Waals surface area contributed by atoms with Gasteiger partial charge in [0.15, 0.2) is 5.76 Å². The highest BCUT2D eigenvalue weighted by atomic mass is 16.5. The van der Waals surface area contributed by atoms with Gasteiger partial charge in [0.2, 0.25) is 5.82 Å². The minimum atomic E-state index is -0.258. The quantitative estimate of drug-likeness (QED) is 0.530. The van der Waals surface area contributed by atoms with E-state index in [1.807, 2.05) is 30.3 Å². The van der Waals surface area contributed by atoms with Gasteiger partial charge in [0.25, 0.3) is 5.56 Å². The molecule has 0 saturated heterocycles. The second-order valence-corrected chi connectivity index (χ2v) is 5.56. The van der Waals surface area contributed by atoms with E-state index in [9.17, 15) is 4.79 Å². The molecule has 0 aliphatic rings. The highest BCUT2D eigenvalue weighted by molar-refractivity contribution is 5.81. The number of aromatic nitrogens is 2. The van der Waals surface area contributed by atoms with Gasteiger partial charge in [-0.25, -0.2) is 4.98 Å². The van der Waals surface area contributed by atoms with Crippen LogP contribution in [0.1, 0.15) is 5.56 Å². The lowest BCUT2D eigenvalue weighted by Gasteiger charge is -2.07. The Hall–Kier alpha value is -3.67. The Morgan fingerprint density at radius 2 is 1.88 bits per heavy atom. The first kappa shape index (κ1) is 15.8. The first-order valence-electron chi connectivity index (χ1n) is 8.00. The molecular formula is C20H15N3O3. The second-order valence-electron chi connectivity index (χ2n) is 5.56. The van der Waals surface area contributed by atoms with Crippen LogP contribution >= 0.6 is 0 Å². The van der Waals surface area contributed by atoms with Crippen LogP contribution < -0.4 is 10.3 Å². The Morgan fingerprint density at radius 1 is 1.08 bits per heavy atom. The zero-order chi connectivity index (χ0) is 17.9. The Bertz CT molecular complexity index is 1130. The lowest BCUT2D eigenvalue weighted by atomic mass is 10.2. The summed E-state index contributed by atoms with van der Waals surface area (Å²) in [5.74, 6) is 1.58. The van der Waals surface area contributed by atoms with Gasteiger partial charge < -0.3 is 9.15 Å². The largest absolute Gasteiger partial charge is 0.497 e. The summed E-state index contributed by atoms with van der Waals surface area (Å²) in [7, 11) is 1.61. The van der Waals surface area contributed by atoms with E-state index in [0.717, 1.165) is 11.3 Å². The number of benzene rings is 2. The predicted molar refractivity (Wildman–Crippen MR) is 99.7 cm³/mol. The van der Waals surface area contributed by atoms with Crippen molar-refractivity contribution in [1.82, 2.24) is 9.66 Å². The third kappa shape index (κ3) is 2.88. The number of methoxy groups -OCH3 is 1. The molecule has 0 N–H and O–H groups in total. The zero-order valence-electron chi connectivity index (χ0n) is 14.0. The summed E-state index contributed by atoms with van der Waals surface area (Å²) in [4.78, 5) is 17.5. The maximum Gasteiger partial charge on any atom is 0.282 e. The molecule has 128 valence electrons. The fourth-order valence-corrected chi connectivity index (χ4v) is 2.61. The molecule has 0 atom stereocenters. The van der Waals surface area contributed by atoms with E-state index in [2.05, 4.69) is 10.1 Å². The maximum absolute atomic E-state index is 12.9. The van der Waals surface area contributed by atoms with E-state index in [1.165, 1.54) is 10.9 Å². The molecule has 6 nitrogen and oxygen atoms in total. The van der Waals surface area contributed by atoms with E-state index >= 15 is 0 Å². The molecule has 0 radical (unpaired) electrons. The summed E-state index contributed by atoms with van der Waals surface area (Å²) in [6, 6.07) is 18.0. The average molecular weight is 345 g/mol. The van der Waals surface area contributed by atoms with Crippen LogP contribution in [-0.4, -0.2) is 23.0 Å². The lowest BCUT2D eigenvalue weighted by Crippen LogP contribution is -2.20. The molecule has 6 heteroatoms. The molecule has 0 spiro atoms. The number of hydrogen-bond acceptors (Lipinski definition) is 5. The Morgan fingerprint density at radius 3 is 2.62 bits per heavy atom. The van der Waals surface area contributed by atoms with Gasteiger partial charge in [0, 0.05) is 0 Å². The fraction of sp³-hybridized carbons (Fsp3) is 0.0500. The van der Waals surface area contributed by atoms with Gasteiger partial charge in [-0.1, -0.05) is 12.1 Å². The van der Waals surface area contributed by atoms with Crippen molar-refractivity contribution in [3.05, 3.63) is 82.8 Å². The number of para-hydroxylation sites is 1. The minimum Gasteiger partial charge on any atom is -0.497 e. The van der Waals surface area contributed by atoms with Crippen LogP contribution in [0.25, 0.3) is 22.5 Å². The van der Waals surface area contributed by atoms with E-state index < -0.39 is 0 Å². The maximum atomic E-state index is 12.9. The van der Waals surface area contributed by atoms with E-state index in [0.29, 0.717) is 22.5 Å². The van der Waals surface area contributed by atoms with E-state index in [-0.39, 0.29) is 5.56 Å². The fourth-order valence-electron chi connectivity index (χ4n) is 2.61. The number of nitrogens with zero attached hydrogens (tertiary/aromatic N) is 3. The Balaban J connectivity index is 1.86. The molecule has 0 unspecified atom stereocenters. The number of ether oxygens (including phenoxy) is 1. The van der Waals surface area contributed by atoms with Gasteiger partial charge in [-0.3, -0.25) is 4.79 Å². The highest BCUT2D eigenvalue weighted by Crippen LogP contribution is 2.19. The molecule has 0 saturated carbocycles. The molecule has 4 aromatic rings. The van der Waals surface area contributed by atoms with Crippen LogP contribution in [0, 0.1) is 0 Å². The molecule has 0 amide bonds. The number of hydrogen-bond donors (Lipinski definition) is 0. The summed E-state index contributed by atoms with van der Waals surface area (Å²) in [5, 5.41) is 4.85. The van der Waals surface area contributed by atoms with Gasteiger partial charge in [0.1, 0.15) is 5.75 Å². The van der Waals surface area contributed by atoms with Crippen LogP contribution in [0.2, 0.25) is 0 Å². The molecule has 2 aromatic carbocycles. The summed E-state index contributed by atoms with van der Waals surface area (Å²) in [6.07, 6.45) is 3.14. The van der Waals surface area contributed by atoms with Gasteiger partial charge in [0.05, 0.1) is 30.5 Å². The second kappa shape index (κ2) is 6.68. The molecule has 2 heterocycles. The van der Waals surface area contributed by atoms with Crippen molar-refractivity contribution in [2.24, 2.45) is 5.10 Å². The third-order valence-electron chi connectivity index (χ3n) is 3.93. The summed E-state index contributed by atoms with van der Waals surface area (Å²) in [5.41, 5.74) is 1.17. The third-order valence-corrected chi connectivity index (χ3v) is 3.93. The SMILES string of the molecule is COc1ccc(/C=N\n2c(-c3ccco3)nc3ccccc3c2=O)cc1. The van der Waals surface area contributed by atoms with Crippen LogP contribution in [0.4, 0.5) is 0 Å². The number of fused-ring (bicyclic) bond motifs is 1. The molecule has 0 bridgehead atoms. The van der Waals surface area contributed by atoms with Gasteiger partial charge in [-0.15, -0.1) is 0 Å². The van der Waals surface area contributed by atoms with Crippen molar-refractivity contribution in [2.75, 3.05) is 7.11 Å². The molecule has 2 aromatic heterocycles. The molecule has 0 aliphatic heterocycles. The first-order chi connectivity index (χ1) is 12.8. The highest BCUT2D eigenvalue weighted by Gasteiger charge is 2.14. The molecule has 0 aliphatic carbocycles. The van der Waals surface area contributed by atoms with Gasteiger partial charge in [-0.2, -0.15) is 9.78 Å². The zero-order valence-corrected chi connectivity index (χ0v) is 14.0. The molecule has 4 rings (SSSR count).